The van der Waals surface area contributed by atoms with Crippen LogP contribution in [0, 0.1) is 0 Å². The molecule has 3 heterocycles. The van der Waals surface area contributed by atoms with E-state index < -0.39 is 0 Å². The molecule has 0 atom stereocenters. The lowest BCUT2D eigenvalue weighted by molar-refractivity contribution is 0.275. The molecular weight excluding hydrogens is 320 g/mol. The Balaban J connectivity index is 2.08. The first-order chi connectivity index (χ1) is 12.2. The lowest BCUT2D eigenvalue weighted by atomic mass is 9.95. The fraction of sp³-hybridized carbons (Fsp3) is 0.500. The second-order valence-corrected chi connectivity index (χ2v) is 6.74. The average molecular weight is 342 g/mol. The number of nitrogens with one attached hydrogen (secondary N) is 1. The van der Waals surface area contributed by atoms with Crippen molar-refractivity contribution in [1.29, 1.82) is 0 Å². The second kappa shape index (κ2) is 6.48. The SMILES string of the molecule is O=c1c2cnc3[nH]ccc3c2n(C2CCCCC2)c(=O)n1CCCO. The van der Waals surface area contributed by atoms with Gasteiger partial charge in [0, 0.05) is 37.0 Å². The number of rotatable bonds is 4. The van der Waals surface area contributed by atoms with Gasteiger partial charge >= 0.3 is 5.69 Å². The highest BCUT2D eigenvalue weighted by atomic mass is 16.3. The van der Waals surface area contributed by atoms with Crippen LogP contribution in [0.4, 0.5) is 0 Å². The summed E-state index contributed by atoms with van der Waals surface area (Å²) in [6, 6.07) is 1.98. The summed E-state index contributed by atoms with van der Waals surface area (Å²) >= 11 is 0. The number of fused-ring (bicyclic) bond motifs is 3. The monoisotopic (exact) mass is 342 g/mol. The van der Waals surface area contributed by atoms with E-state index in [0.29, 0.717) is 23.0 Å². The third-order valence-electron chi connectivity index (χ3n) is 5.19. The largest absolute Gasteiger partial charge is 0.396 e. The Morgan fingerprint density at radius 2 is 2.00 bits per heavy atom. The molecule has 0 radical (unpaired) electrons. The molecule has 0 saturated heterocycles. The highest BCUT2D eigenvalue weighted by molar-refractivity contribution is 6.01. The van der Waals surface area contributed by atoms with Gasteiger partial charge in [-0.15, -0.1) is 0 Å². The maximum Gasteiger partial charge on any atom is 0.331 e. The topological polar surface area (TPSA) is 92.9 Å². The number of aliphatic hydroxyl groups is 1. The number of nitrogens with zero attached hydrogens (tertiary/aromatic N) is 3. The lowest BCUT2D eigenvalue weighted by Gasteiger charge is -2.26. The minimum Gasteiger partial charge on any atom is -0.396 e. The van der Waals surface area contributed by atoms with Gasteiger partial charge in [0.1, 0.15) is 5.65 Å². The number of aromatic nitrogens is 4. The normalized spacial score (nSPS) is 16.0. The summed E-state index contributed by atoms with van der Waals surface area (Å²) in [5.74, 6) is 0. The molecule has 132 valence electrons. The number of aliphatic hydroxyl groups excluding tert-OH is 1. The fourth-order valence-corrected chi connectivity index (χ4v) is 3.97. The predicted octanol–water partition coefficient (Wildman–Crippen LogP) is 1.93. The molecule has 0 aliphatic heterocycles. The average Bonchev–Trinajstić information content (AvgIpc) is 3.11. The Labute approximate surface area is 143 Å². The molecule has 0 unspecified atom stereocenters. The van der Waals surface area contributed by atoms with E-state index in [4.69, 9.17) is 5.11 Å². The van der Waals surface area contributed by atoms with Crippen molar-refractivity contribution in [3.8, 4) is 0 Å². The van der Waals surface area contributed by atoms with Crippen molar-refractivity contribution in [1.82, 2.24) is 19.1 Å². The summed E-state index contributed by atoms with van der Waals surface area (Å²) in [4.78, 5) is 33.5. The molecule has 0 aromatic carbocycles. The van der Waals surface area contributed by atoms with E-state index in [9.17, 15) is 9.59 Å². The van der Waals surface area contributed by atoms with E-state index in [0.717, 1.165) is 31.1 Å². The van der Waals surface area contributed by atoms with Crippen molar-refractivity contribution in [2.75, 3.05) is 6.61 Å². The number of hydrogen-bond acceptors (Lipinski definition) is 4. The summed E-state index contributed by atoms with van der Waals surface area (Å²) in [6.45, 7) is 0.171. The van der Waals surface area contributed by atoms with Gasteiger partial charge in [-0.05, 0) is 25.3 Å². The minimum atomic E-state index is -0.323. The molecule has 1 aliphatic rings. The maximum absolute atomic E-state index is 13.2. The predicted molar refractivity (Wildman–Crippen MR) is 95.9 cm³/mol. The maximum atomic E-state index is 13.2. The molecule has 3 aromatic rings. The molecule has 2 N–H and O–H groups in total. The van der Waals surface area contributed by atoms with Crippen LogP contribution in [-0.4, -0.2) is 30.8 Å². The summed E-state index contributed by atoms with van der Waals surface area (Å²) < 4.78 is 3.07. The Hall–Kier alpha value is -2.41. The molecule has 0 bridgehead atoms. The van der Waals surface area contributed by atoms with Crippen LogP contribution in [-0.2, 0) is 6.54 Å². The van der Waals surface area contributed by atoms with E-state index >= 15 is 0 Å². The zero-order valence-corrected chi connectivity index (χ0v) is 14.1. The standard InChI is InChI=1S/C18H22N4O3/c23-10-4-9-21-17(24)14-11-20-16-13(7-8-19-16)15(14)22(18(21)25)12-5-2-1-3-6-12/h7-8,11-12,23H,1-6,9-10H2,(H,19,20). The molecule has 0 amide bonds. The Morgan fingerprint density at radius 1 is 1.20 bits per heavy atom. The summed E-state index contributed by atoms with van der Waals surface area (Å²) in [5.41, 5.74) is 0.778. The first-order valence-electron chi connectivity index (χ1n) is 8.94. The van der Waals surface area contributed by atoms with Crippen molar-refractivity contribution in [3.05, 3.63) is 39.3 Å². The molecule has 1 fully saturated rings. The molecule has 25 heavy (non-hydrogen) atoms. The third-order valence-corrected chi connectivity index (χ3v) is 5.19. The minimum absolute atomic E-state index is 0.0531. The molecule has 7 nitrogen and oxygen atoms in total. The fourth-order valence-electron chi connectivity index (χ4n) is 3.97. The number of hydrogen-bond donors (Lipinski definition) is 2. The Kier molecular flexibility index (Phi) is 4.17. The van der Waals surface area contributed by atoms with Gasteiger partial charge in [0.05, 0.1) is 10.9 Å². The first-order valence-corrected chi connectivity index (χ1v) is 8.94. The van der Waals surface area contributed by atoms with Gasteiger partial charge in [0.15, 0.2) is 0 Å². The molecule has 3 aromatic heterocycles. The molecule has 1 aliphatic carbocycles. The van der Waals surface area contributed by atoms with Crippen LogP contribution in [0.5, 0.6) is 0 Å². The van der Waals surface area contributed by atoms with Crippen LogP contribution in [0.15, 0.2) is 28.0 Å². The Morgan fingerprint density at radius 3 is 2.76 bits per heavy atom. The van der Waals surface area contributed by atoms with Crippen molar-refractivity contribution in [2.45, 2.75) is 51.1 Å². The third kappa shape index (κ3) is 2.59. The van der Waals surface area contributed by atoms with Crippen LogP contribution in [0.2, 0.25) is 0 Å². The van der Waals surface area contributed by atoms with E-state index in [1.807, 2.05) is 10.6 Å². The molecule has 1 saturated carbocycles. The van der Waals surface area contributed by atoms with E-state index in [1.54, 1.807) is 12.4 Å². The first kappa shape index (κ1) is 16.1. The zero-order valence-electron chi connectivity index (χ0n) is 14.1. The summed E-state index contributed by atoms with van der Waals surface area (Å²) in [5, 5.41) is 10.4. The number of H-pyrrole nitrogens is 1. The van der Waals surface area contributed by atoms with Gasteiger partial charge in [-0.2, -0.15) is 0 Å². The number of pyridine rings is 1. The molecule has 7 heteroatoms. The van der Waals surface area contributed by atoms with Crippen LogP contribution in [0.3, 0.4) is 0 Å². The van der Waals surface area contributed by atoms with Crippen LogP contribution in [0.25, 0.3) is 21.9 Å². The summed E-state index contributed by atoms with van der Waals surface area (Å²) in [6.07, 6.45) is 8.99. The van der Waals surface area contributed by atoms with Gasteiger partial charge < -0.3 is 10.1 Å². The van der Waals surface area contributed by atoms with Crippen LogP contribution >= 0.6 is 0 Å². The van der Waals surface area contributed by atoms with Gasteiger partial charge in [-0.3, -0.25) is 13.9 Å². The Bertz CT molecular complexity index is 1020. The van der Waals surface area contributed by atoms with Gasteiger partial charge in [-0.25, -0.2) is 9.78 Å². The van der Waals surface area contributed by atoms with Crippen molar-refractivity contribution in [2.24, 2.45) is 0 Å². The van der Waals surface area contributed by atoms with Crippen molar-refractivity contribution in [3.63, 3.8) is 0 Å². The number of aromatic amines is 1. The second-order valence-electron chi connectivity index (χ2n) is 6.74. The van der Waals surface area contributed by atoms with Crippen LogP contribution < -0.4 is 11.2 Å². The van der Waals surface area contributed by atoms with E-state index in [2.05, 4.69) is 9.97 Å². The van der Waals surface area contributed by atoms with Crippen molar-refractivity contribution >= 4 is 21.9 Å². The molecular formula is C18H22N4O3. The van der Waals surface area contributed by atoms with Gasteiger partial charge in [-0.1, -0.05) is 19.3 Å². The molecule has 4 rings (SSSR count). The van der Waals surface area contributed by atoms with Gasteiger partial charge in [0.2, 0.25) is 0 Å². The molecule has 0 spiro atoms. The quantitative estimate of drug-likeness (QED) is 0.758. The van der Waals surface area contributed by atoms with E-state index in [-0.39, 0.29) is 30.4 Å². The smallest absolute Gasteiger partial charge is 0.331 e. The van der Waals surface area contributed by atoms with Crippen LogP contribution in [0.1, 0.15) is 44.6 Å². The highest BCUT2D eigenvalue weighted by Gasteiger charge is 2.23. The zero-order chi connectivity index (χ0) is 17.4. The lowest BCUT2D eigenvalue weighted by Crippen LogP contribution is -2.42. The van der Waals surface area contributed by atoms with E-state index in [1.165, 1.54) is 11.0 Å². The van der Waals surface area contributed by atoms with Gasteiger partial charge in [0.25, 0.3) is 5.56 Å². The summed E-state index contributed by atoms with van der Waals surface area (Å²) in [7, 11) is 0. The van der Waals surface area contributed by atoms with Crippen molar-refractivity contribution < 1.29 is 5.11 Å². The highest BCUT2D eigenvalue weighted by Crippen LogP contribution is 2.30.